The topological polar surface area (TPSA) is 53.6 Å². The molecule has 0 atom stereocenters. The molecule has 17 heavy (non-hydrogen) atoms. The number of aromatic nitrogens is 2. The number of halogens is 1. The molecule has 2 heterocycles. The number of pyridine rings is 1. The molecule has 86 valence electrons. The van der Waals surface area contributed by atoms with Crippen molar-refractivity contribution in [2.45, 2.75) is 6.54 Å². The zero-order valence-electron chi connectivity index (χ0n) is 9.31. The van der Waals surface area contributed by atoms with Gasteiger partial charge in [-0.3, -0.25) is 0 Å². The molecule has 4 nitrogen and oxygen atoms in total. The van der Waals surface area contributed by atoms with Crippen LogP contribution >= 0.6 is 15.9 Å². The van der Waals surface area contributed by atoms with Crippen molar-refractivity contribution in [3.05, 3.63) is 46.5 Å². The summed E-state index contributed by atoms with van der Waals surface area (Å²) in [7, 11) is 1.86. The second kappa shape index (κ2) is 5.02. The number of hydrogen-bond donors (Lipinski definition) is 1. The highest BCUT2D eigenvalue weighted by Crippen LogP contribution is 2.19. The molecular weight excluding hydrogens is 280 g/mol. The lowest BCUT2D eigenvalue weighted by atomic mass is 10.3. The Kier molecular flexibility index (Phi) is 3.45. The van der Waals surface area contributed by atoms with Crippen LogP contribution in [0.2, 0.25) is 0 Å². The summed E-state index contributed by atoms with van der Waals surface area (Å²) in [4.78, 5) is 4.13. The second-order valence-electron chi connectivity index (χ2n) is 3.65. The molecule has 2 aromatic rings. The number of anilines is 1. The lowest BCUT2D eigenvalue weighted by molar-refractivity contribution is 0.902. The van der Waals surface area contributed by atoms with Gasteiger partial charge in [0.2, 0.25) is 0 Å². The Labute approximate surface area is 108 Å². The number of rotatable bonds is 3. The normalized spacial score (nSPS) is 9.94. The van der Waals surface area contributed by atoms with Crippen molar-refractivity contribution < 1.29 is 0 Å². The second-order valence-corrected chi connectivity index (χ2v) is 4.40. The summed E-state index contributed by atoms with van der Waals surface area (Å²) < 4.78 is 2.60. The van der Waals surface area contributed by atoms with Crippen molar-refractivity contribution in [3.63, 3.8) is 0 Å². The van der Waals surface area contributed by atoms with Crippen LogP contribution in [0.25, 0.3) is 0 Å². The predicted octanol–water partition coefficient (Wildman–Crippen LogP) is 2.67. The molecule has 0 spiro atoms. The lowest BCUT2D eigenvalue weighted by Gasteiger charge is -2.05. The van der Waals surface area contributed by atoms with Gasteiger partial charge in [0.1, 0.15) is 16.4 Å². The first-order chi connectivity index (χ1) is 8.20. The lowest BCUT2D eigenvalue weighted by Crippen LogP contribution is -1.99. The summed E-state index contributed by atoms with van der Waals surface area (Å²) in [6, 6.07) is 7.83. The number of aryl methyl sites for hydroxylation is 1. The molecule has 5 heteroatoms. The summed E-state index contributed by atoms with van der Waals surface area (Å²) in [5, 5.41) is 12.1. The molecule has 0 bridgehead atoms. The zero-order valence-corrected chi connectivity index (χ0v) is 10.9. The maximum absolute atomic E-state index is 8.85. The van der Waals surface area contributed by atoms with Crippen LogP contribution in [0.15, 0.2) is 35.2 Å². The van der Waals surface area contributed by atoms with E-state index < -0.39 is 0 Å². The van der Waals surface area contributed by atoms with E-state index in [1.807, 2.05) is 36.0 Å². The highest BCUT2D eigenvalue weighted by atomic mass is 79.9. The molecule has 0 fully saturated rings. The summed E-state index contributed by atoms with van der Waals surface area (Å²) in [6.45, 7) is 0.666. The number of nitrogens with one attached hydrogen (secondary N) is 1. The minimum Gasteiger partial charge on any atom is -0.379 e. The fourth-order valence-electron chi connectivity index (χ4n) is 1.56. The van der Waals surface area contributed by atoms with E-state index in [1.165, 1.54) is 0 Å². The Morgan fingerprint density at radius 2 is 2.41 bits per heavy atom. The number of nitrogens with zero attached hydrogens (tertiary/aromatic N) is 3. The van der Waals surface area contributed by atoms with Gasteiger partial charge in [-0.1, -0.05) is 0 Å². The monoisotopic (exact) mass is 290 g/mol. The molecule has 0 saturated carbocycles. The van der Waals surface area contributed by atoms with Crippen molar-refractivity contribution in [2.75, 3.05) is 5.32 Å². The SMILES string of the molecule is Cn1cc(CNc2cccnc2Br)cc1C#N. The van der Waals surface area contributed by atoms with E-state index in [1.54, 1.807) is 6.20 Å². The third kappa shape index (κ3) is 2.66. The van der Waals surface area contributed by atoms with Crippen LogP contribution in [0.3, 0.4) is 0 Å². The first-order valence-electron chi connectivity index (χ1n) is 5.10. The van der Waals surface area contributed by atoms with E-state index in [0.29, 0.717) is 12.2 Å². The van der Waals surface area contributed by atoms with Gasteiger partial charge in [-0.25, -0.2) is 4.98 Å². The van der Waals surface area contributed by atoms with Crippen molar-refractivity contribution in [1.29, 1.82) is 5.26 Å². The van der Waals surface area contributed by atoms with E-state index in [0.717, 1.165) is 15.9 Å². The Balaban J connectivity index is 2.08. The van der Waals surface area contributed by atoms with Crippen LogP contribution in [0.4, 0.5) is 5.69 Å². The number of nitriles is 1. The largest absolute Gasteiger partial charge is 0.379 e. The van der Waals surface area contributed by atoms with Crippen molar-refractivity contribution in [2.24, 2.45) is 7.05 Å². The van der Waals surface area contributed by atoms with Crippen molar-refractivity contribution in [3.8, 4) is 6.07 Å². The molecule has 2 aromatic heterocycles. The van der Waals surface area contributed by atoms with Gasteiger partial charge >= 0.3 is 0 Å². The van der Waals surface area contributed by atoms with Gasteiger partial charge in [-0.15, -0.1) is 0 Å². The van der Waals surface area contributed by atoms with Gasteiger partial charge in [0, 0.05) is 26.0 Å². The summed E-state index contributed by atoms with van der Waals surface area (Å²) >= 11 is 3.37. The maximum Gasteiger partial charge on any atom is 0.129 e. The van der Waals surface area contributed by atoms with Gasteiger partial charge in [0.15, 0.2) is 0 Å². The van der Waals surface area contributed by atoms with Gasteiger partial charge < -0.3 is 9.88 Å². The Hall–Kier alpha value is -1.80. The summed E-state index contributed by atoms with van der Waals surface area (Å²) in [6.07, 6.45) is 3.67. The Bertz CT molecular complexity index is 568. The van der Waals surface area contributed by atoms with Gasteiger partial charge in [0.05, 0.1) is 5.69 Å². The van der Waals surface area contributed by atoms with E-state index in [4.69, 9.17) is 5.26 Å². The standard InChI is InChI=1S/C12H11BrN4/c1-17-8-9(5-10(17)6-14)7-16-11-3-2-4-15-12(11)13/h2-5,8,16H,7H2,1H3. The van der Waals surface area contributed by atoms with Crippen molar-refractivity contribution in [1.82, 2.24) is 9.55 Å². The van der Waals surface area contributed by atoms with Crippen LogP contribution in [0.1, 0.15) is 11.3 Å². The molecule has 0 aromatic carbocycles. The van der Waals surface area contributed by atoms with Crippen molar-refractivity contribution >= 4 is 21.6 Å². The van der Waals surface area contributed by atoms with E-state index in [2.05, 4.69) is 32.3 Å². The van der Waals surface area contributed by atoms with Crippen LogP contribution < -0.4 is 5.32 Å². The molecular formula is C12H11BrN4. The molecule has 0 radical (unpaired) electrons. The van der Waals surface area contributed by atoms with Gasteiger partial charge in [-0.05, 0) is 39.7 Å². The molecule has 2 rings (SSSR count). The summed E-state index contributed by atoms with van der Waals surface area (Å²) in [5.41, 5.74) is 2.67. The smallest absolute Gasteiger partial charge is 0.129 e. The molecule has 1 N–H and O–H groups in total. The zero-order chi connectivity index (χ0) is 12.3. The summed E-state index contributed by atoms with van der Waals surface area (Å²) in [5.74, 6) is 0. The van der Waals surface area contributed by atoms with Crippen LogP contribution in [0, 0.1) is 11.3 Å². The third-order valence-electron chi connectivity index (χ3n) is 2.42. The number of hydrogen-bond acceptors (Lipinski definition) is 3. The molecule has 0 aliphatic carbocycles. The molecule has 0 amide bonds. The van der Waals surface area contributed by atoms with E-state index in [9.17, 15) is 0 Å². The first kappa shape index (κ1) is 11.7. The Morgan fingerprint density at radius 1 is 1.59 bits per heavy atom. The minimum absolute atomic E-state index is 0.659. The van der Waals surface area contributed by atoms with Crippen LogP contribution in [-0.4, -0.2) is 9.55 Å². The quantitative estimate of drug-likeness (QED) is 0.885. The van der Waals surface area contributed by atoms with E-state index in [-0.39, 0.29) is 0 Å². The fourth-order valence-corrected chi connectivity index (χ4v) is 1.95. The molecule has 0 aliphatic heterocycles. The molecule has 0 saturated heterocycles. The average Bonchev–Trinajstić information content (AvgIpc) is 2.69. The minimum atomic E-state index is 0.659. The molecule has 0 aliphatic rings. The Morgan fingerprint density at radius 3 is 3.06 bits per heavy atom. The third-order valence-corrected chi connectivity index (χ3v) is 3.05. The van der Waals surface area contributed by atoms with Crippen LogP contribution in [-0.2, 0) is 13.6 Å². The fraction of sp³-hybridized carbons (Fsp3) is 0.167. The highest BCUT2D eigenvalue weighted by Gasteiger charge is 2.03. The molecule has 0 unspecified atom stereocenters. The van der Waals surface area contributed by atoms with Crippen LogP contribution in [0.5, 0.6) is 0 Å². The predicted molar refractivity (Wildman–Crippen MR) is 69.4 cm³/mol. The van der Waals surface area contributed by atoms with Gasteiger partial charge in [0.25, 0.3) is 0 Å². The maximum atomic E-state index is 8.85. The average molecular weight is 291 g/mol. The first-order valence-corrected chi connectivity index (χ1v) is 5.89. The van der Waals surface area contributed by atoms with Gasteiger partial charge in [-0.2, -0.15) is 5.26 Å². The highest BCUT2D eigenvalue weighted by molar-refractivity contribution is 9.10. The van der Waals surface area contributed by atoms with E-state index >= 15 is 0 Å².